The van der Waals surface area contributed by atoms with E-state index < -0.39 is 5.82 Å². The van der Waals surface area contributed by atoms with Crippen LogP contribution in [0.15, 0.2) is 18.2 Å². The lowest BCUT2D eigenvalue weighted by Crippen LogP contribution is -2.55. The van der Waals surface area contributed by atoms with Crippen molar-refractivity contribution < 1.29 is 18.7 Å². The van der Waals surface area contributed by atoms with E-state index in [9.17, 15) is 4.79 Å². The minimum Gasteiger partial charge on any atom is -0.380 e. The predicted octanol–water partition coefficient (Wildman–Crippen LogP) is 2.28. The smallest absolute Gasteiger partial charge is 0.301 e. The van der Waals surface area contributed by atoms with Gasteiger partial charge in [-0.25, -0.2) is 19.4 Å². The van der Waals surface area contributed by atoms with Crippen LogP contribution in [-0.4, -0.2) is 78.5 Å². The number of hydrazine groups is 1. The number of nitrogens with zero attached hydrogens (tertiary/aromatic N) is 4. The number of nitrogens with one attached hydrogen (secondary N) is 2. The SMILES string of the molecule is CC1C=CC(c2nc3nc(C(=O)NN4CCC5(CC4)COC5)[nH]c3c(N3CCOCC3)c2F)=C1. The summed E-state index contributed by atoms with van der Waals surface area (Å²) in [7, 11) is 0. The van der Waals surface area contributed by atoms with Crippen LogP contribution < -0.4 is 10.3 Å². The van der Waals surface area contributed by atoms with Gasteiger partial charge >= 0.3 is 5.91 Å². The summed E-state index contributed by atoms with van der Waals surface area (Å²) in [6.07, 6.45) is 7.87. The number of anilines is 1. The number of carbonyl (C=O) groups excluding carboxylic acids is 1. The molecule has 34 heavy (non-hydrogen) atoms. The van der Waals surface area contributed by atoms with Gasteiger partial charge in [0.05, 0.1) is 26.4 Å². The van der Waals surface area contributed by atoms with Crippen LogP contribution in [0.2, 0.25) is 0 Å². The zero-order valence-corrected chi connectivity index (χ0v) is 19.3. The van der Waals surface area contributed by atoms with Crippen LogP contribution >= 0.6 is 0 Å². The van der Waals surface area contributed by atoms with Crippen LogP contribution in [0, 0.1) is 17.2 Å². The van der Waals surface area contributed by atoms with E-state index in [1.54, 1.807) is 0 Å². The van der Waals surface area contributed by atoms with Crippen molar-refractivity contribution in [1.82, 2.24) is 25.4 Å². The van der Waals surface area contributed by atoms with E-state index in [4.69, 9.17) is 9.47 Å². The maximum atomic E-state index is 15.9. The maximum absolute atomic E-state index is 15.9. The van der Waals surface area contributed by atoms with Gasteiger partial charge in [0, 0.05) is 31.6 Å². The Kier molecular flexibility index (Phi) is 5.39. The van der Waals surface area contributed by atoms with E-state index in [0.29, 0.717) is 43.2 Å². The highest BCUT2D eigenvalue weighted by Gasteiger charge is 2.41. The summed E-state index contributed by atoms with van der Waals surface area (Å²) in [5.74, 6) is -0.402. The zero-order chi connectivity index (χ0) is 23.3. The molecule has 0 bridgehead atoms. The highest BCUT2D eigenvalue weighted by atomic mass is 19.1. The Morgan fingerprint density at radius 1 is 1.18 bits per heavy atom. The summed E-state index contributed by atoms with van der Waals surface area (Å²) in [6.45, 7) is 7.34. The fraction of sp³-hybridized carbons (Fsp3) is 0.542. The molecule has 1 amide bonds. The molecule has 5 heterocycles. The predicted molar refractivity (Wildman–Crippen MR) is 125 cm³/mol. The molecule has 1 unspecified atom stereocenters. The lowest BCUT2D eigenvalue weighted by Gasteiger charge is -2.47. The third kappa shape index (κ3) is 3.79. The molecule has 3 saturated heterocycles. The molecule has 0 saturated carbocycles. The number of carbonyl (C=O) groups is 1. The molecule has 3 aliphatic heterocycles. The van der Waals surface area contributed by atoms with Gasteiger partial charge in [0.25, 0.3) is 0 Å². The second-order valence-electron chi connectivity index (χ2n) is 9.77. The monoisotopic (exact) mass is 468 g/mol. The van der Waals surface area contributed by atoms with Gasteiger partial charge in [0.1, 0.15) is 16.9 Å². The molecule has 2 aromatic rings. The van der Waals surface area contributed by atoms with Gasteiger partial charge in [-0.3, -0.25) is 10.2 Å². The molecule has 1 spiro atoms. The van der Waals surface area contributed by atoms with Gasteiger partial charge in [-0.15, -0.1) is 0 Å². The molecule has 9 nitrogen and oxygen atoms in total. The summed E-state index contributed by atoms with van der Waals surface area (Å²) < 4.78 is 26.7. The second kappa shape index (κ2) is 8.44. The van der Waals surface area contributed by atoms with E-state index in [2.05, 4.69) is 20.4 Å². The number of H-pyrrole nitrogens is 1. The lowest BCUT2D eigenvalue weighted by atomic mass is 9.77. The van der Waals surface area contributed by atoms with Crippen molar-refractivity contribution in [2.24, 2.45) is 11.3 Å². The molecule has 6 rings (SSSR count). The van der Waals surface area contributed by atoms with Crippen LogP contribution in [0.5, 0.6) is 0 Å². The number of morpholine rings is 1. The number of imidazole rings is 1. The number of aromatic amines is 1. The van der Waals surface area contributed by atoms with Crippen molar-refractivity contribution in [1.29, 1.82) is 0 Å². The van der Waals surface area contributed by atoms with Gasteiger partial charge in [0.2, 0.25) is 0 Å². The Balaban J connectivity index is 1.31. The quantitative estimate of drug-likeness (QED) is 0.711. The molecule has 1 atom stereocenters. The van der Waals surface area contributed by atoms with Crippen molar-refractivity contribution in [2.75, 3.05) is 57.5 Å². The number of fused-ring (bicyclic) bond motifs is 1. The number of amides is 1. The maximum Gasteiger partial charge on any atom is 0.301 e. The summed E-state index contributed by atoms with van der Waals surface area (Å²) >= 11 is 0. The fourth-order valence-corrected chi connectivity index (χ4v) is 5.15. The van der Waals surface area contributed by atoms with E-state index in [1.165, 1.54) is 0 Å². The Hall–Kier alpha value is -2.82. The molecule has 0 radical (unpaired) electrons. The second-order valence-corrected chi connectivity index (χ2v) is 9.77. The van der Waals surface area contributed by atoms with Crippen molar-refractivity contribution in [3.63, 3.8) is 0 Å². The Labute approximate surface area is 197 Å². The first-order valence-electron chi connectivity index (χ1n) is 12.0. The van der Waals surface area contributed by atoms with E-state index in [0.717, 1.165) is 44.7 Å². The number of halogens is 1. The number of hydrogen-bond donors (Lipinski definition) is 2. The Morgan fingerprint density at radius 3 is 2.59 bits per heavy atom. The standard InChI is InChI=1S/C24H29FN6O3/c1-15-2-3-16(12-15)18-17(25)20(30-8-10-33-11-9-30)19-21(26-18)28-22(27-19)23(32)29-31-6-4-24(5-7-31)13-34-14-24/h2-3,12,15H,4-11,13-14H2,1H3,(H,29,32)(H,26,27,28). The third-order valence-corrected chi connectivity index (χ3v) is 7.29. The molecule has 10 heteroatoms. The van der Waals surface area contributed by atoms with Crippen molar-refractivity contribution in [3.05, 3.63) is 35.6 Å². The Morgan fingerprint density at radius 2 is 1.94 bits per heavy atom. The summed E-state index contributed by atoms with van der Waals surface area (Å²) in [4.78, 5) is 27.1. The normalized spacial score (nSPS) is 24.5. The molecule has 2 N–H and O–H groups in total. The van der Waals surface area contributed by atoms with Crippen LogP contribution in [-0.2, 0) is 9.47 Å². The molecular formula is C24H29FN6O3. The topological polar surface area (TPSA) is 95.6 Å². The minimum absolute atomic E-state index is 0.130. The summed E-state index contributed by atoms with van der Waals surface area (Å²) in [5.41, 5.74) is 5.40. The molecular weight excluding hydrogens is 439 g/mol. The van der Waals surface area contributed by atoms with Crippen molar-refractivity contribution in [2.45, 2.75) is 19.8 Å². The first-order valence-corrected chi connectivity index (χ1v) is 12.0. The minimum atomic E-state index is -0.404. The van der Waals surface area contributed by atoms with Crippen molar-refractivity contribution in [3.8, 4) is 0 Å². The number of aromatic nitrogens is 3. The van der Waals surface area contributed by atoms with E-state index in [-0.39, 0.29) is 28.8 Å². The highest BCUT2D eigenvalue weighted by Crippen LogP contribution is 2.38. The highest BCUT2D eigenvalue weighted by molar-refractivity contribution is 5.97. The van der Waals surface area contributed by atoms with Crippen LogP contribution in [0.25, 0.3) is 16.7 Å². The van der Waals surface area contributed by atoms with Gasteiger partial charge in [0.15, 0.2) is 17.3 Å². The van der Waals surface area contributed by atoms with Crippen LogP contribution in [0.4, 0.5) is 10.1 Å². The number of piperidine rings is 1. The first-order chi connectivity index (χ1) is 16.5. The average molecular weight is 469 g/mol. The van der Waals surface area contributed by atoms with E-state index >= 15 is 4.39 Å². The lowest BCUT2D eigenvalue weighted by molar-refractivity contribution is -0.142. The zero-order valence-electron chi connectivity index (χ0n) is 19.3. The van der Waals surface area contributed by atoms with Gasteiger partial charge in [-0.2, -0.15) is 0 Å². The number of ether oxygens (including phenoxy) is 2. The third-order valence-electron chi connectivity index (χ3n) is 7.29. The summed E-state index contributed by atoms with van der Waals surface area (Å²) in [6, 6.07) is 0. The van der Waals surface area contributed by atoms with Crippen molar-refractivity contribution >= 4 is 28.3 Å². The number of hydrogen-bond acceptors (Lipinski definition) is 7. The number of rotatable bonds is 4. The molecule has 3 fully saturated rings. The molecule has 0 aromatic carbocycles. The van der Waals surface area contributed by atoms with Gasteiger partial charge < -0.3 is 19.4 Å². The van der Waals surface area contributed by atoms with Crippen LogP contribution in [0.1, 0.15) is 36.1 Å². The number of allylic oxidation sites excluding steroid dienone is 4. The molecule has 4 aliphatic rings. The first kappa shape index (κ1) is 21.7. The molecule has 180 valence electrons. The largest absolute Gasteiger partial charge is 0.380 e. The van der Waals surface area contributed by atoms with Gasteiger partial charge in [-0.1, -0.05) is 25.2 Å². The van der Waals surface area contributed by atoms with Gasteiger partial charge in [-0.05, 0) is 24.3 Å². The Bertz CT molecular complexity index is 1170. The fourth-order valence-electron chi connectivity index (χ4n) is 5.15. The molecule has 2 aromatic heterocycles. The summed E-state index contributed by atoms with van der Waals surface area (Å²) in [5, 5.41) is 1.93. The average Bonchev–Trinajstić information content (AvgIpc) is 3.45. The molecule has 1 aliphatic carbocycles. The van der Waals surface area contributed by atoms with Crippen LogP contribution in [0.3, 0.4) is 0 Å². The van der Waals surface area contributed by atoms with E-state index in [1.807, 2.05) is 35.1 Å². The number of pyridine rings is 1.